The van der Waals surface area contributed by atoms with Crippen LogP contribution in [0.2, 0.25) is 5.02 Å². The van der Waals surface area contributed by atoms with E-state index in [1.165, 1.54) is 0 Å². The van der Waals surface area contributed by atoms with E-state index in [1.54, 1.807) is 37.3 Å². The van der Waals surface area contributed by atoms with Crippen molar-refractivity contribution in [2.45, 2.75) is 26.9 Å². The molecule has 3 aromatic carbocycles. The standard InChI is InChI=1S/C24H23ClN2O3/c1-15-8-7-11-21(16(15)2)26-24(29)18-12-13-20(25)22(14-18)27-23(28)17(3)30-19-9-5-4-6-10-19/h4-14,17H,1-3H3,(H,26,29)(H,27,28)/t17-/m1/s1. The van der Waals surface area contributed by atoms with Crippen molar-refractivity contribution in [3.05, 3.63) is 88.4 Å². The Morgan fingerprint density at radius 1 is 0.900 bits per heavy atom. The van der Waals surface area contributed by atoms with Crippen LogP contribution in [-0.4, -0.2) is 17.9 Å². The fraction of sp³-hybridized carbons (Fsp3) is 0.167. The topological polar surface area (TPSA) is 67.4 Å². The quantitative estimate of drug-likeness (QED) is 0.542. The van der Waals surface area contributed by atoms with Crippen LogP contribution in [0.3, 0.4) is 0 Å². The Bertz CT molecular complexity index is 1070. The van der Waals surface area contributed by atoms with Crippen molar-refractivity contribution in [2.24, 2.45) is 0 Å². The largest absolute Gasteiger partial charge is 0.481 e. The maximum Gasteiger partial charge on any atom is 0.265 e. The molecule has 1 atom stereocenters. The number of hydrogen-bond acceptors (Lipinski definition) is 3. The van der Waals surface area contributed by atoms with Crippen molar-refractivity contribution in [3.8, 4) is 5.75 Å². The van der Waals surface area contributed by atoms with E-state index in [-0.39, 0.29) is 11.8 Å². The number of benzene rings is 3. The van der Waals surface area contributed by atoms with Gasteiger partial charge in [-0.2, -0.15) is 0 Å². The van der Waals surface area contributed by atoms with Crippen molar-refractivity contribution in [2.75, 3.05) is 10.6 Å². The molecular weight excluding hydrogens is 400 g/mol. The van der Waals surface area contributed by atoms with Crippen LogP contribution in [0.25, 0.3) is 0 Å². The average Bonchev–Trinajstić information content (AvgIpc) is 2.73. The van der Waals surface area contributed by atoms with Crippen molar-refractivity contribution in [1.82, 2.24) is 0 Å². The van der Waals surface area contributed by atoms with Gasteiger partial charge in [0.25, 0.3) is 11.8 Å². The molecule has 0 saturated heterocycles. The number of rotatable bonds is 6. The fourth-order valence-corrected chi connectivity index (χ4v) is 3.00. The van der Waals surface area contributed by atoms with Gasteiger partial charge in [-0.15, -0.1) is 0 Å². The Morgan fingerprint density at radius 2 is 1.63 bits per heavy atom. The van der Waals surface area contributed by atoms with Crippen LogP contribution >= 0.6 is 11.6 Å². The van der Waals surface area contributed by atoms with Crippen molar-refractivity contribution < 1.29 is 14.3 Å². The van der Waals surface area contributed by atoms with Crippen LogP contribution in [0, 0.1) is 13.8 Å². The molecule has 0 aliphatic heterocycles. The number of ether oxygens (including phenoxy) is 1. The summed E-state index contributed by atoms with van der Waals surface area (Å²) in [6.45, 7) is 5.58. The lowest BCUT2D eigenvalue weighted by atomic mass is 10.1. The SMILES string of the molecule is Cc1cccc(NC(=O)c2ccc(Cl)c(NC(=O)[C@@H](C)Oc3ccccc3)c2)c1C. The van der Waals surface area contributed by atoms with Gasteiger partial charge in [0.15, 0.2) is 6.10 Å². The van der Waals surface area contributed by atoms with Gasteiger partial charge in [-0.3, -0.25) is 9.59 Å². The van der Waals surface area contributed by atoms with Gasteiger partial charge in [-0.25, -0.2) is 0 Å². The number of amides is 2. The second-order valence-corrected chi connectivity index (χ2v) is 7.37. The molecule has 0 fully saturated rings. The number of halogens is 1. The lowest BCUT2D eigenvalue weighted by Gasteiger charge is -2.16. The zero-order valence-electron chi connectivity index (χ0n) is 17.0. The van der Waals surface area contributed by atoms with E-state index in [2.05, 4.69) is 10.6 Å². The third kappa shape index (κ3) is 5.19. The minimum absolute atomic E-state index is 0.288. The lowest BCUT2D eigenvalue weighted by molar-refractivity contribution is -0.122. The van der Waals surface area contributed by atoms with Crippen LogP contribution in [0.15, 0.2) is 66.7 Å². The molecule has 30 heavy (non-hydrogen) atoms. The lowest BCUT2D eigenvalue weighted by Crippen LogP contribution is -2.30. The number of carbonyl (C=O) groups excluding carboxylic acids is 2. The molecule has 0 saturated carbocycles. The molecule has 5 nitrogen and oxygen atoms in total. The Kier molecular flexibility index (Phi) is 6.75. The summed E-state index contributed by atoms with van der Waals surface area (Å²) in [4.78, 5) is 25.2. The van der Waals surface area contributed by atoms with Crippen LogP contribution in [0.4, 0.5) is 11.4 Å². The van der Waals surface area contributed by atoms with E-state index in [0.717, 1.165) is 16.8 Å². The predicted octanol–water partition coefficient (Wildman–Crippen LogP) is 5.62. The smallest absolute Gasteiger partial charge is 0.265 e. The van der Waals surface area contributed by atoms with E-state index in [1.807, 2.05) is 50.2 Å². The predicted molar refractivity (Wildman–Crippen MR) is 120 cm³/mol. The molecule has 0 heterocycles. The highest BCUT2D eigenvalue weighted by atomic mass is 35.5. The van der Waals surface area contributed by atoms with Crippen molar-refractivity contribution in [1.29, 1.82) is 0 Å². The maximum absolute atomic E-state index is 12.7. The first kappa shape index (κ1) is 21.4. The summed E-state index contributed by atoms with van der Waals surface area (Å²) in [5, 5.41) is 5.97. The highest BCUT2D eigenvalue weighted by Gasteiger charge is 2.18. The fourth-order valence-electron chi connectivity index (χ4n) is 2.83. The van der Waals surface area contributed by atoms with E-state index < -0.39 is 6.10 Å². The number of para-hydroxylation sites is 1. The van der Waals surface area contributed by atoms with Gasteiger partial charge in [0.2, 0.25) is 0 Å². The minimum Gasteiger partial charge on any atom is -0.481 e. The maximum atomic E-state index is 12.7. The first-order chi connectivity index (χ1) is 14.3. The zero-order valence-corrected chi connectivity index (χ0v) is 17.8. The van der Waals surface area contributed by atoms with E-state index >= 15 is 0 Å². The summed E-state index contributed by atoms with van der Waals surface area (Å²) in [5.41, 5.74) is 3.56. The van der Waals surface area contributed by atoms with Crippen LogP contribution in [-0.2, 0) is 4.79 Å². The molecule has 2 amide bonds. The first-order valence-corrected chi connectivity index (χ1v) is 9.92. The van der Waals surface area contributed by atoms with Crippen molar-refractivity contribution >= 4 is 34.8 Å². The Labute approximate surface area is 181 Å². The van der Waals surface area contributed by atoms with Gasteiger partial charge in [-0.05, 0) is 68.3 Å². The second-order valence-electron chi connectivity index (χ2n) is 6.96. The van der Waals surface area contributed by atoms with Gasteiger partial charge in [0, 0.05) is 11.3 Å². The Morgan fingerprint density at radius 3 is 2.37 bits per heavy atom. The molecule has 0 radical (unpaired) electrons. The van der Waals surface area contributed by atoms with Gasteiger partial charge < -0.3 is 15.4 Å². The number of carbonyl (C=O) groups is 2. The molecule has 154 valence electrons. The van der Waals surface area contributed by atoms with Gasteiger partial charge in [-0.1, -0.05) is 41.9 Å². The minimum atomic E-state index is -0.740. The van der Waals surface area contributed by atoms with Crippen LogP contribution in [0.1, 0.15) is 28.4 Å². The summed E-state index contributed by atoms with van der Waals surface area (Å²) >= 11 is 6.23. The van der Waals surface area contributed by atoms with E-state index in [9.17, 15) is 9.59 Å². The third-order valence-electron chi connectivity index (χ3n) is 4.76. The third-order valence-corrected chi connectivity index (χ3v) is 5.09. The summed E-state index contributed by atoms with van der Waals surface area (Å²) < 4.78 is 5.63. The first-order valence-electron chi connectivity index (χ1n) is 9.55. The molecule has 0 bridgehead atoms. The molecule has 3 rings (SSSR count). The highest BCUT2D eigenvalue weighted by molar-refractivity contribution is 6.34. The van der Waals surface area contributed by atoms with Gasteiger partial charge in [0.05, 0.1) is 10.7 Å². The number of nitrogens with one attached hydrogen (secondary N) is 2. The number of hydrogen-bond donors (Lipinski definition) is 2. The van der Waals surface area contributed by atoms with E-state index in [4.69, 9.17) is 16.3 Å². The molecule has 0 aliphatic rings. The Balaban J connectivity index is 1.72. The molecule has 6 heteroatoms. The summed E-state index contributed by atoms with van der Waals surface area (Å²) in [6.07, 6.45) is -0.740. The number of aryl methyl sites for hydroxylation is 1. The average molecular weight is 423 g/mol. The molecule has 0 unspecified atom stereocenters. The second kappa shape index (κ2) is 9.46. The zero-order chi connectivity index (χ0) is 21.7. The number of anilines is 2. The van der Waals surface area contributed by atoms with Gasteiger partial charge in [0.1, 0.15) is 5.75 Å². The van der Waals surface area contributed by atoms with Gasteiger partial charge >= 0.3 is 0 Å². The summed E-state index contributed by atoms with van der Waals surface area (Å²) in [5.74, 6) is -0.0646. The monoisotopic (exact) mass is 422 g/mol. The van der Waals surface area contributed by atoms with Crippen LogP contribution in [0.5, 0.6) is 5.75 Å². The van der Waals surface area contributed by atoms with Crippen LogP contribution < -0.4 is 15.4 Å². The molecule has 0 aliphatic carbocycles. The normalized spacial score (nSPS) is 11.5. The highest BCUT2D eigenvalue weighted by Crippen LogP contribution is 2.25. The molecule has 0 spiro atoms. The Hall–Kier alpha value is -3.31. The molecule has 0 aromatic heterocycles. The summed E-state index contributed by atoms with van der Waals surface area (Å²) in [7, 11) is 0. The van der Waals surface area contributed by atoms with E-state index in [0.29, 0.717) is 22.0 Å². The van der Waals surface area contributed by atoms with Crippen molar-refractivity contribution in [3.63, 3.8) is 0 Å². The molecule has 2 N–H and O–H groups in total. The molecular formula is C24H23ClN2O3. The summed E-state index contributed by atoms with van der Waals surface area (Å²) in [6, 6.07) is 19.5. The molecule has 3 aromatic rings.